The standard InChI is InChI=1S/C16H19NO2/c18-16-14(10-13-6-2-1-3-7-13)11-17-9-5-4-8-15(17)12-19-16/h1-3,6-7,10,15H,4-5,8-9,11-12H2/b14-10+. The van der Waals surface area contributed by atoms with Gasteiger partial charge in [-0.15, -0.1) is 0 Å². The average molecular weight is 257 g/mol. The molecule has 19 heavy (non-hydrogen) atoms. The Balaban J connectivity index is 1.83. The number of hydrogen-bond acceptors (Lipinski definition) is 3. The maximum absolute atomic E-state index is 12.0. The number of fused-ring (bicyclic) bond motifs is 1. The minimum Gasteiger partial charge on any atom is -0.461 e. The zero-order valence-electron chi connectivity index (χ0n) is 11.0. The lowest BCUT2D eigenvalue weighted by Gasteiger charge is -2.32. The first-order chi connectivity index (χ1) is 9.33. The van der Waals surface area contributed by atoms with Crippen molar-refractivity contribution in [2.24, 2.45) is 0 Å². The molecule has 0 radical (unpaired) electrons. The predicted octanol–water partition coefficient (Wildman–Crippen LogP) is 2.48. The predicted molar refractivity (Wildman–Crippen MR) is 74.6 cm³/mol. The van der Waals surface area contributed by atoms with Gasteiger partial charge in [-0.1, -0.05) is 36.8 Å². The molecule has 1 unspecified atom stereocenters. The molecule has 0 aromatic heterocycles. The molecule has 0 spiro atoms. The molecule has 2 aliphatic heterocycles. The quantitative estimate of drug-likeness (QED) is 0.572. The number of piperidine rings is 1. The molecule has 1 aromatic carbocycles. The largest absolute Gasteiger partial charge is 0.461 e. The Hall–Kier alpha value is -1.61. The van der Waals surface area contributed by atoms with Gasteiger partial charge >= 0.3 is 5.97 Å². The van der Waals surface area contributed by atoms with E-state index in [1.807, 2.05) is 36.4 Å². The van der Waals surface area contributed by atoms with Gasteiger partial charge in [0.15, 0.2) is 0 Å². The van der Waals surface area contributed by atoms with Crippen LogP contribution < -0.4 is 0 Å². The topological polar surface area (TPSA) is 29.5 Å². The van der Waals surface area contributed by atoms with E-state index >= 15 is 0 Å². The van der Waals surface area contributed by atoms with Gasteiger partial charge < -0.3 is 4.74 Å². The SMILES string of the molecule is O=C1OCC2CCCCN2C/C1=C\c1ccccc1. The molecular formula is C16H19NO2. The maximum Gasteiger partial charge on any atom is 0.335 e. The molecule has 1 atom stereocenters. The molecule has 3 heteroatoms. The van der Waals surface area contributed by atoms with E-state index in [-0.39, 0.29) is 5.97 Å². The van der Waals surface area contributed by atoms with Crippen LogP contribution in [-0.4, -0.2) is 36.6 Å². The maximum atomic E-state index is 12.0. The van der Waals surface area contributed by atoms with Crippen LogP contribution in [0.1, 0.15) is 24.8 Å². The van der Waals surface area contributed by atoms with Crippen LogP contribution in [-0.2, 0) is 9.53 Å². The van der Waals surface area contributed by atoms with E-state index in [0.717, 1.165) is 30.6 Å². The smallest absolute Gasteiger partial charge is 0.335 e. The monoisotopic (exact) mass is 257 g/mol. The summed E-state index contributed by atoms with van der Waals surface area (Å²) in [6.45, 7) is 2.34. The number of rotatable bonds is 1. The van der Waals surface area contributed by atoms with Crippen molar-refractivity contribution in [3.63, 3.8) is 0 Å². The van der Waals surface area contributed by atoms with Gasteiger partial charge in [0, 0.05) is 12.6 Å². The number of nitrogens with zero attached hydrogens (tertiary/aromatic N) is 1. The number of cyclic esters (lactones) is 1. The highest BCUT2D eigenvalue weighted by molar-refractivity contribution is 5.94. The van der Waals surface area contributed by atoms with Gasteiger partial charge in [-0.3, -0.25) is 4.90 Å². The Kier molecular flexibility index (Phi) is 3.65. The van der Waals surface area contributed by atoms with Crippen molar-refractivity contribution in [3.8, 4) is 0 Å². The molecular weight excluding hydrogens is 238 g/mol. The summed E-state index contributed by atoms with van der Waals surface area (Å²) in [6.07, 6.45) is 5.57. The molecule has 0 bridgehead atoms. The molecule has 3 rings (SSSR count). The van der Waals surface area contributed by atoms with Crippen molar-refractivity contribution in [2.75, 3.05) is 19.7 Å². The second-order valence-electron chi connectivity index (χ2n) is 5.30. The van der Waals surface area contributed by atoms with Gasteiger partial charge in [0.25, 0.3) is 0 Å². The van der Waals surface area contributed by atoms with Crippen molar-refractivity contribution >= 4 is 12.0 Å². The van der Waals surface area contributed by atoms with E-state index in [9.17, 15) is 4.79 Å². The molecule has 0 saturated carbocycles. The third kappa shape index (κ3) is 2.87. The summed E-state index contributed by atoms with van der Waals surface area (Å²) in [7, 11) is 0. The summed E-state index contributed by atoms with van der Waals surface area (Å²) in [5.41, 5.74) is 1.83. The first-order valence-corrected chi connectivity index (χ1v) is 7.00. The van der Waals surface area contributed by atoms with Crippen molar-refractivity contribution in [2.45, 2.75) is 25.3 Å². The number of esters is 1. The lowest BCUT2D eigenvalue weighted by Crippen LogP contribution is -2.41. The van der Waals surface area contributed by atoms with E-state index in [4.69, 9.17) is 4.74 Å². The van der Waals surface area contributed by atoms with E-state index in [1.165, 1.54) is 12.8 Å². The number of carbonyl (C=O) groups excluding carboxylic acids is 1. The molecule has 1 aromatic rings. The number of benzene rings is 1. The fourth-order valence-corrected chi connectivity index (χ4v) is 2.86. The zero-order valence-corrected chi connectivity index (χ0v) is 11.0. The first kappa shape index (κ1) is 12.4. The molecule has 2 heterocycles. The highest BCUT2D eigenvalue weighted by Gasteiger charge is 2.29. The number of ether oxygens (including phenoxy) is 1. The summed E-state index contributed by atoms with van der Waals surface area (Å²) in [4.78, 5) is 14.4. The van der Waals surface area contributed by atoms with Gasteiger partial charge in [-0.25, -0.2) is 4.79 Å². The van der Waals surface area contributed by atoms with Crippen molar-refractivity contribution in [1.29, 1.82) is 0 Å². The van der Waals surface area contributed by atoms with Crippen LogP contribution in [0.3, 0.4) is 0 Å². The second kappa shape index (κ2) is 5.57. The fourth-order valence-electron chi connectivity index (χ4n) is 2.86. The molecule has 3 nitrogen and oxygen atoms in total. The summed E-state index contributed by atoms with van der Waals surface area (Å²) >= 11 is 0. The van der Waals surface area contributed by atoms with Crippen LogP contribution in [0.15, 0.2) is 35.9 Å². The van der Waals surface area contributed by atoms with Gasteiger partial charge in [-0.2, -0.15) is 0 Å². The Morgan fingerprint density at radius 1 is 1.21 bits per heavy atom. The Labute approximate surface area is 113 Å². The third-order valence-corrected chi connectivity index (χ3v) is 3.93. The van der Waals surface area contributed by atoms with Crippen molar-refractivity contribution in [3.05, 3.63) is 41.5 Å². The van der Waals surface area contributed by atoms with Gasteiger partial charge in [-0.05, 0) is 31.0 Å². The highest BCUT2D eigenvalue weighted by Crippen LogP contribution is 2.23. The molecule has 0 N–H and O–H groups in total. The lowest BCUT2D eigenvalue weighted by atomic mass is 10.0. The average Bonchev–Trinajstić information content (AvgIpc) is 2.61. The van der Waals surface area contributed by atoms with Crippen LogP contribution in [0.5, 0.6) is 0 Å². The Bertz CT molecular complexity index is 481. The molecule has 0 amide bonds. The number of hydrogen-bond donors (Lipinski definition) is 0. The van der Waals surface area contributed by atoms with Crippen LogP contribution >= 0.6 is 0 Å². The van der Waals surface area contributed by atoms with Crippen molar-refractivity contribution in [1.82, 2.24) is 4.90 Å². The van der Waals surface area contributed by atoms with Crippen LogP contribution in [0.4, 0.5) is 0 Å². The summed E-state index contributed by atoms with van der Waals surface area (Å²) < 4.78 is 5.41. The fraction of sp³-hybridized carbons (Fsp3) is 0.438. The van der Waals surface area contributed by atoms with Crippen LogP contribution in [0, 0.1) is 0 Å². The van der Waals surface area contributed by atoms with E-state index in [2.05, 4.69) is 4.90 Å². The van der Waals surface area contributed by atoms with Crippen LogP contribution in [0.2, 0.25) is 0 Å². The molecule has 2 fully saturated rings. The minimum absolute atomic E-state index is 0.154. The van der Waals surface area contributed by atoms with E-state index in [0.29, 0.717) is 12.6 Å². The van der Waals surface area contributed by atoms with Gasteiger partial charge in [0.05, 0.1) is 5.57 Å². The first-order valence-electron chi connectivity index (χ1n) is 7.00. The molecule has 2 saturated heterocycles. The van der Waals surface area contributed by atoms with E-state index in [1.54, 1.807) is 0 Å². The lowest BCUT2D eigenvalue weighted by molar-refractivity contribution is -0.139. The Morgan fingerprint density at radius 2 is 2.05 bits per heavy atom. The normalized spacial score (nSPS) is 26.6. The number of carbonyl (C=O) groups is 1. The Morgan fingerprint density at radius 3 is 2.89 bits per heavy atom. The highest BCUT2D eigenvalue weighted by atomic mass is 16.5. The van der Waals surface area contributed by atoms with Gasteiger partial charge in [0.2, 0.25) is 0 Å². The minimum atomic E-state index is -0.154. The summed E-state index contributed by atoms with van der Waals surface area (Å²) in [5.74, 6) is -0.154. The third-order valence-electron chi connectivity index (χ3n) is 3.93. The van der Waals surface area contributed by atoms with Crippen molar-refractivity contribution < 1.29 is 9.53 Å². The second-order valence-corrected chi connectivity index (χ2v) is 5.30. The van der Waals surface area contributed by atoms with E-state index < -0.39 is 0 Å². The molecule has 100 valence electrons. The summed E-state index contributed by atoms with van der Waals surface area (Å²) in [5, 5.41) is 0. The van der Waals surface area contributed by atoms with Crippen LogP contribution in [0.25, 0.3) is 6.08 Å². The zero-order chi connectivity index (χ0) is 13.1. The van der Waals surface area contributed by atoms with Gasteiger partial charge in [0.1, 0.15) is 6.61 Å². The molecule has 2 aliphatic rings. The molecule has 0 aliphatic carbocycles. The summed E-state index contributed by atoms with van der Waals surface area (Å²) in [6, 6.07) is 10.4.